The SMILES string of the molecule is N#Cc1c(-c2cc[nH]c2)ccnc1Cl. The van der Waals surface area contributed by atoms with Gasteiger partial charge < -0.3 is 4.98 Å². The van der Waals surface area contributed by atoms with Gasteiger partial charge in [0.1, 0.15) is 11.2 Å². The quantitative estimate of drug-likeness (QED) is 0.725. The smallest absolute Gasteiger partial charge is 0.147 e. The van der Waals surface area contributed by atoms with E-state index >= 15 is 0 Å². The summed E-state index contributed by atoms with van der Waals surface area (Å²) in [5, 5.41) is 9.16. The van der Waals surface area contributed by atoms with Gasteiger partial charge in [-0.05, 0) is 12.1 Å². The molecule has 0 fully saturated rings. The van der Waals surface area contributed by atoms with Gasteiger partial charge in [0.25, 0.3) is 0 Å². The van der Waals surface area contributed by atoms with Gasteiger partial charge in [-0.15, -0.1) is 0 Å². The molecule has 0 aliphatic rings. The molecule has 2 aromatic rings. The Bertz CT molecular complexity index is 483. The third kappa shape index (κ3) is 1.36. The van der Waals surface area contributed by atoms with E-state index in [1.165, 1.54) is 0 Å². The average Bonchev–Trinajstić information content (AvgIpc) is 2.70. The molecule has 2 rings (SSSR count). The number of nitriles is 1. The molecular weight excluding hydrogens is 198 g/mol. The first-order chi connectivity index (χ1) is 6.83. The van der Waals surface area contributed by atoms with Crippen LogP contribution >= 0.6 is 11.6 Å². The predicted molar refractivity (Wildman–Crippen MR) is 53.7 cm³/mol. The number of rotatable bonds is 1. The monoisotopic (exact) mass is 203 g/mol. The van der Waals surface area contributed by atoms with Crippen LogP contribution in [0.3, 0.4) is 0 Å². The van der Waals surface area contributed by atoms with Crippen molar-refractivity contribution in [1.82, 2.24) is 9.97 Å². The number of aromatic amines is 1. The first-order valence-electron chi connectivity index (χ1n) is 4.00. The molecule has 0 aromatic carbocycles. The molecule has 14 heavy (non-hydrogen) atoms. The van der Waals surface area contributed by atoms with E-state index in [1.807, 2.05) is 18.3 Å². The van der Waals surface area contributed by atoms with E-state index in [-0.39, 0.29) is 5.15 Å². The van der Waals surface area contributed by atoms with Crippen molar-refractivity contribution in [3.8, 4) is 17.2 Å². The van der Waals surface area contributed by atoms with Gasteiger partial charge in [-0.1, -0.05) is 11.6 Å². The molecule has 0 spiro atoms. The van der Waals surface area contributed by atoms with E-state index in [0.29, 0.717) is 5.56 Å². The maximum atomic E-state index is 8.91. The molecule has 3 nitrogen and oxygen atoms in total. The van der Waals surface area contributed by atoms with Crippen molar-refractivity contribution >= 4 is 11.6 Å². The Balaban J connectivity index is 2.66. The predicted octanol–water partition coefficient (Wildman–Crippen LogP) is 2.60. The molecule has 2 aromatic heterocycles. The lowest BCUT2D eigenvalue weighted by atomic mass is 10.1. The van der Waals surface area contributed by atoms with Gasteiger partial charge in [0, 0.05) is 29.7 Å². The van der Waals surface area contributed by atoms with Gasteiger partial charge in [-0.2, -0.15) is 5.26 Å². The van der Waals surface area contributed by atoms with Crippen LogP contribution in [-0.4, -0.2) is 9.97 Å². The minimum atomic E-state index is 0.242. The summed E-state index contributed by atoms with van der Waals surface area (Å²) in [7, 11) is 0. The van der Waals surface area contributed by atoms with Gasteiger partial charge in [0.15, 0.2) is 0 Å². The largest absolute Gasteiger partial charge is 0.367 e. The number of pyridine rings is 1. The van der Waals surface area contributed by atoms with Crippen LogP contribution in [0.1, 0.15) is 5.56 Å². The summed E-state index contributed by atoms with van der Waals surface area (Å²) >= 11 is 5.80. The highest BCUT2D eigenvalue weighted by Crippen LogP contribution is 2.26. The third-order valence-corrected chi connectivity index (χ3v) is 2.21. The second-order valence-corrected chi connectivity index (χ2v) is 3.09. The number of hydrogen-bond acceptors (Lipinski definition) is 2. The van der Waals surface area contributed by atoms with Crippen molar-refractivity contribution < 1.29 is 0 Å². The van der Waals surface area contributed by atoms with Crippen LogP contribution in [-0.2, 0) is 0 Å². The molecule has 0 bridgehead atoms. The second-order valence-electron chi connectivity index (χ2n) is 2.74. The zero-order valence-corrected chi connectivity index (χ0v) is 7.92. The van der Waals surface area contributed by atoms with E-state index in [1.54, 1.807) is 18.5 Å². The Kier molecular flexibility index (Phi) is 2.21. The van der Waals surface area contributed by atoms with Crippen LogP contribution in [0.5, 0.6) is 0 Å². The van der Waals surface area contributed by atoms with Crippen molar-refractivity contribution in [1.29, 1.82) is 5.26 Å². The van der Waals surface area contributed by atoms with Crippen LogP contribution in [0.25, 0.3) is 11.1 Å². The summed E-state index contributed by atoms with van der Waals surface area (Å²) in [4.78, 5) is 6.78. The molecule has 0 aliphatic carbocycles. The molecule has 1 N–H and O–H groups in total. The maximum absolute atomic E-state index is 8.91. The van der Waals surface area contributed by atoms with E-state index < -0.39 is 0 Å². The fraction of sp³-hybridized carbons (Fsp3) is 0. The van der Waals surface area contributed by atoms with Crippen LogP contribution in [0.15, 0.2) is 30.7 Å². The molecule has 4 heteroatoms. The maximum Gasteiger partial charge on any atom is 0.147 e. The van der Waals surface area contributed by atoms with E-state index in [0.717, 1.165) is 11.1 Å². The summed E-state index contributed by atoms with van der Waals surface area (Å²) in [6.45, 7) is 0. The van der Waals surface area contributed by atoms with Gasteiger partial charge in [-0.25, -0.2) is 4.98 Å². The molecule has 0 amide bonds. The van der Waals surface area contributed by atoms with Gasteiger partial charge in [0.05, 0.1) is 5.56 Å². The number of nitrogens with one attached hydrogen (secondary N) is 1. The number of aromatic nitrogens is 2. The normalized spacial score (nSPS) is 9.71. The Hall–Kier alpha value is -1.79. The summed E-state index contributed by atoms with van der Waals surface area (Å²) in [5.41, 5.74) is 2.15. The van der Waals surface area contributed by atoms with Crippen molar-refractivity contribution in [2.24, 2.45) is 0 Å². The summed E-state index contributed by atoms with van der Waals surface area (Å²) in [5.74, 6) is 0. The van der Waals surface area contributed by atoms with Gasteiger partial charge in [0.2, 0.25) is 0 Å². The first-order valence-corrected chi connectivity index (χ1v) is 4.38. The minimum Gasteiger partial charge on any atom is -0.367 e. The Morgan fingerprint density at radius 2 is 2.29 bits per heavy atom. The Morgan fingerprint density at radius 1 is 1.43 bits per heavy atom. The van der Waals surface area contributed by atoms with E-state index in [9.17, 15) is 0 Å². The van der Waals surface area contributed by atoms with Crippen LogP contribution in [0, 0.1) is 11.3 Å². The molecule has 0 aliphatic heterocycles. The van der Waals surface area contributed by atoms with Crippen LogP contribution < -0.4 is 0 Å². The molecule has 0 atom stereocenters. The lowest BCUT2D eigenvalue weighted by molar-refractivity contribution is 1.30. The molecule has 68 valence electrons. The molecular formula is C10H6ClN3. The first kappa shape index (κ1) is 8.79. The lowest BCUT2D eigenvalue weighted by Crippen LogP contribution is -1.86. The van der Waals surface area contributed by atoms with Gasteiger partial charge >= 0.3 is 0 Å². The van der Waals surface area contributed by atoms with E-state index in [2.05, 4.69) is 9.97 Å². The Morgan fingerprint density at radius 3 is 2.93 bits per heavy atom. The van der Waals surface area contributed by atoms with Crippen LogP contribution in [0.2, 0.25) is 5.15 Å². The van der Waals surface area contributed by atoms with Crippen molar-refractivity contribution in [3.05, 3.63) is 41.4 Å². The number of halogens is 1. The highest BCUT2D eigenvalue weighted by atomic mass is 35.5. The van der Waals surface area contributed by atoms with Crippen molar-refractivity contribution in [2.45, 2.75) is 0 Å². The van der Waals surface area contributed by atoms with Crippen molar-refractivity contribution in [3.63, 3.8) is 0 Å². The summed E-state index contributed by atoms with van der Waals surface area (Å²) in [6, 6.07) is 5.70. The molecule has 0 saturated heterocycles. The topological polar surface area (TPSA) is 52.5 Å². The van der Waals surface area contributed by atoms with Crippen molar-refractivity contribution in [2.75, 3.05) is 0 Å². The molecule has 2 heterocycles. The number of H-pyrrole nitrogens is 1. The lowest BCUT2D eigenvalue weighted by Gasteiger charge is -2.01. The Labute approximate surface area is 86.0 Å². The van der Waals surface area contributed by atoms with Crippen LogP contribution in [0.4, 0.5) is 0 Å². The fourth-order valence-corrected chi connectivity index (χ4v) is 1.47. The van der Waals surface area contributed by atoms with E-state index in [4.69, 9.17) is 16.9 Å². The second kappa shape index (κ2) is 3.52. The summed E-state index contributed by atoms with van der Waals surface area (Å²) in [6.07, 6.45) is 5.20. The highest BCUT2D eigenvalue weighted by molar-refractivity contribution is 6.30. The third-order valence-electron chi connectivity index (χ3n) is 1.93. The fourth-order valence-electron chi connectivity index (χ4n) is 1.27. The zero-order chi connectivity index (χ0) is 9.97. The standard InChI is InChI=1S/C10H6ClN3/c11-10-9(5-12)8(2-4-14-10)7-1-3-13-6-7/h1-4,6,13H. The number of hydrogen-bond donors (Lipinski definition) is 1. The average molecular weight is 204 g/mol. The molecule has 0 radical (unpaired) electrons. The highest BCUT2D eigenvalue weighted by Gasteiger charge is 2.09. The number of nitrogens with zero attached hydrogens (tertiary/aromatic N) is 2. The zero-order valence-electron chi connectivity index (χ0n) is 7.16. The molecule has 0 saturated carbocycles. The minimum absolute atomic E-state index is 0.242. The van der Waals surface area contributed by atoms with Gasteiger partial charge in [-0.3, -0.25) is 0 Å². The molecule has 0 unspecified atom stereocenters. The summed E-state index contributed by atoms with van der Waals surface area (Å²) < 4.78 is 0.